The summed E-state index contributed by atoms with van der Waals surface area (Å²) in [5.74, 6) is 0.933. The lowest BCUT2D eigenvalue weighted by Gasteiger charge is -2.15. The van der Waals surface area contributed by atoms with Crippen molar-refractivity contribution in [3.8, 4) is 0 Å². The van der Waals surface area contributed by atoms with Gasteiger partial charge in [-0.15, -0.1) is 0 Å². The van der Waals surface area contributed by atoms with Crippen molar-refractivity contribution in [1.82, 2.24) is 4.72 Å². The maximum absolute atomic E-state index is 12.3. The molecule has 1 rings (SSSR count). The predicted octanol–water partition coefficient (Wildman–Crippen LogP) is 3.94. The molecule has 1 unspecified atom stereocenters. The van der Waals surface area contributed by atoms with E-state index in [9.17, 15) is 8.42 Å². The lowest BCUT2D eigenvalue weighted by Crippen LogP contribution is -2.33. The van der Waals surface area contributed by atoms with E-state index in [4.69, 9.17) is 0 Å². The van der Waals surface area contributed by atoms with E-state index < -0.39 is 10.0 Å². The molecule has 0 aromatic heterocycles. The normalized spacial score (nSPS) is 13.5. The summed E-state index contributed by atoms with van der Waals surface area (Å²) in [6, 6.07) is 3.35. The molecule has 0 heterocycles. The van der Waals surface area contributed by atoms with Gasteiger partial charge in [0.2, 0.25) is 10.0 Å². The highest BCUT2D eigenvalue weighted by atomic mass is 79.9. The van der Waals surface area contributed by atoms with Crippen molar-refractivity contribution in [2.45, 2.75) is 31.2 Å². The maximum Gasteiger partial charge on any atom is 0.241 e. The summed E-state index contributed by atoms with van der Waals surface area (Å²) in [5.41, 5.74) is 0.987. The van der Waals surface area contributed by atoms with Crippen LogP contribution in [0.4, 0.5) is 0 Å². The molecule has 0 amide bonds. The van der Waals surface area contributed by atoms with Crippen molar-refractivity contribution in [3.63, 3.8) is 0 Å². The molecule has 1 aromatic carbocycles. The molecule has 3 nitrogen and oxygen atoms in total. The second-order valence-corrected chi connectivity index (χ2v) is 8.71. The van der Waals surface area contributed by atoms with E-state index in [0.29, 0.717) is 4.47 Å². The molecule has 0 aliphatic heterocycles. The van der Waals surface area contributed by atoms with Gasteiger partial charge in [-0.3, -0.25) is 0 Å². The van der Waals surface area contributed by atoms with Crippen LogP contribution >= 0.6 is 43.6 Å². The van der Waals surface area contributed by atoms with Crippen LogP contribution in [-0.2, 0) is 10.0 Å². The Hall–Kier alpha value is 0.440. The first-order valence-corrected chi connectivity index (χ1v) is 10.2. The lowest BCUT2D eigenvalue weighted by atomic mass is 10.2. The van der Waals surface area contributed by atoms with Crippen molar-refractivity contribution in [1.29, 1.82) is 0 Å². The monoisotopic (exact) mass is 429 g/mol. The molecule has 1 aromatic rings. The van der Waals surface area contributed by atoms with Crippen LogP contribution < -0.4 is 4.72 Å². The molecule has 0 aliphatic rings. The quantitative estimate of drug-likeness (QED) is 0.743. The topological polar surface area (TPSA) is 46.2 Å². The average Bonchev–Trinajstić information content (AvgIpc) is 2.30. The van der Waals surface area contributed by atoms with Gasteiger partial charge in [-0.1, -0.05) is 15.9 Å². The molecule has 0 saturated heterocycles. The molecular weight excluding hydrogens is 414 g/mol. The van der Waals surface area contributed by atoms with Gasteiger partial charge in [-0.2, -0.15) is 11.8 Å². The first-order valence-electron chi connectivity index (χ1n) is 5.75. The Balaban J connectivity index is 2.98. The molecule has 0 radical (unpaired) electrons. The van der Waals surface area contributed by atoms with E-state index in [1.54, 1.807) is 23.9 Å². The molecular formula is C12H17Br2NO2S2. The van der Waals surface area contributed by atoms with Gasteiger partial charge in [-0.25, -0.2) is 13.1 Å². The number of rotatable bonds is 6. The Morgan fingerprint density at radius 1 is 1.32 bits per heavy atom. The number of aryl methyl sites for hydroxylation is 1. The van der Waals surface area contributed by atoms with E-state index in [1.807, 2.05) is 20.1 Å². The Morgan fingerprint density at radius 2 is 1.95 bits per heavy atom. The Bertz CT molecular complexity index is 547. The molecule has 0 bridgehead atoms. The number of nitrogens with one attached hydrogen (secondary N) is 1. The second-order valence-electron chi connectivity index (χ2n) is 4.34. The van der Waals surface area contributed by atoms with Crippen LogP contribution in [0.5, 0.6) is 0 Å². The summed E-state index contributed by atoms with van der Waals surface area (Å²) >= 11 is 8.39. The lowest BCUT2D eigenvalue weighted by molar-refractivity contribution is 0.556. The van der Waals surface area contributed by atoms with Crippen LogP contribution in [0.3, 0.4) is 0 Å². The largest absolute Gasteiger partial charge is 0.241 e. The van der Waals surface area contributed by atoms with Gasteiger partial charge in [-0.05, 0) is 65.9 Å². The molecule has 1 N–H and O–H groups in total. The van der Waals surface area contributed by atoms with Crippen LogP contribution in [0, 0.1) is 6.92 Å². The summed E-state index contributed by atoms with van der Waals surface area (Å²) in [6.45, 7) is 3.80. The predicted molar refractivity (Wildman–Crippen MR) is 89.4 cm³/mol. The van der Waals surface area contributed by atoms with Crippen molar-refractivity contribution in [3.05, 3.63) is 26.6 Å². The minimum absolute atomic E-state index is 0.0792. The number of benzene rings is 1. The average molecular weight is 431 g/mol. The summed E-state index contributed by atoms with van der Waals surface area (Å²) in [4.78, 5) is 0.265. The van der Waals surface area contributed by atoms with E-state index in [1.165, 1.54) is 0 Å². The van der Waals surface area contributed by atoms with Gasteiger partial charge in [0, 0.05) is 15.0 Å². The van der Waals surface area contributed by atoms with Gasteiger partial charge in [0.25, 0.3) is 0 Å². The van der Waals surface area contributed by atoms with E-state index in [0.717, 1.165) is 22.2 Å². The van der Waals surface area contributed by atoms with Crippen molar-refractivity contribution in [2.75, 3.05) is 12.0 Å². The van der Waals surface area contributed by atoms with Crippen molar-refractivity contribution < 1.29 is 8.42 Å². The molecule has 0 saturated carbocycles. The SMILES string of the molecule is CSCCC(C)NS(=O)(=O)c1cc(Br)c(C)cc1Br. The van der Waals surface area contributed by atoms with E-state index >= 15 is 0 Å². The number of halogens is 2. The fourth-order valence-corrected chi connectivity index (χ4v) is 5.06. The first kappa shape index (κ1) is 17.5. The van der Waals surface area contributed by atoms with Crippen molar-refractivity contribution in [2.24, 2.45) is 0 Å². The molecule has 108 valence electrons. The zero-order chi connectivity index (χ0) is 14.6. The number of hydrogen-bond acceptors (Lipinski definition) is 3. The summed E-state index contributed by atoms with van der Waals surface area (Å²) in [6.07, 6.45) is 2.82. The summed E-state index contributed by atoms with van der Waals surface area (Å²) < 4.78 is 28.7. The van der Waals surface area contributed by atoms with Crippen LogP contribution in [0.2, 0.25) is 0 Å². The zero-order valence-electron chi connectivity index (χ0n) is 11.0. The van der Waals surface area contributed by atoms with E-state index in [2.05, 4.69) is 36.6 Å². The van der Waals surface area contributed by atoms with Crippen molar-refractivity contribution >= 4 is 53.6 Å². The maximum atomic E-state index is 12.3. The minimum atomic E-state index is -3.50. The van der Waals surface area contributed by atoms with Gasteiger partial charge in [0.05, 0.1) is 4.90 Å². The highest BCUT2D eigenvalue weighted by Crippen LogP contribution is 2.28. The highest BCUT2D eigenvalue weighted by molar-refractivity contribution is 9.11. The number of thioether (sulfide) groups is 1. The van der Waals surface area contributed by atoms with Gasteiger partial charge >= 0.3 is 0 Å². The van der Waals surface area contributed by atoms with Gasteiger partial charge < -0.3 is 0 Å². The standard InChI is InChI=1S/C12H17Br2NO2S2/c1-8-6-11(14)12(7-10(8)13)19(16,17)15-9(2)4-5-18-3/h6-7,9,15H,4-5H2,1-3H3. The Kier molecular flexibility index (Phi) is 6.86. The Labute approximate surface area is 136 Å². The first-order chi connectivity index (χ1) is 8.77. The van der Waals surface area contributed by atoms with E-state index in [-0.39, 0.29) is 10.9 Å². The minimum Gasteiger partial charge on any atom is -0.208 e. The number of hydrogen-bond donors (Lipinski definition) is 1. The molecule has 0 aliphatic carbocycles. The van der Waals surface area contributed by atoms with Gasteiger partial charge in [0.1, 0.15) is 0 Å². The van der Waals surface area contributed by atoms with Crippen LogP contribution in [0.15, 0.2) is 26.0 Å². The number of sulfonamides is 1. The van der Waals surface area contributed by atoms with Crippen LogP contribution in [-0.4, -0.2) is 26.5 Å². The summed E-state index contributed by atoms with van der Waals surface area (Å²) in [7, 11) is -3.50. The fraction of sp³-hybridized carbons (Fsp3) is 0.500. The van der Waals surface area contributed by atoms with Crippen LogP contribution in [0.1, 0.15) is 18.9 Å². The smallest absolute Gasteiger partial charge is 0.208 e. The highest BCUT2D eigenvalue weighted by Gasteiger charge is 2.21. The van der Waals surface area contributed by atoms with Gasteiger partial charge in [0.15, 0.2) is 0 Å². The third-order valence-corrected chi connectivity index (χ3v) is 6.66. The third kappa shape index (κ3) is 5.04. The molecule has 0 spiro atoms. The van der Waals surface area contributed by atoms with Crippen LogP contribution in [0.25, 0.3) is 0 Å². The molecule has 19 heavy (non-hydrogen) atoms. The molecule has 1 atom stereocenters. The second kappa shape index (κ2) is 7.45. The Morgan fingerprint density at radius 3 is 2.53 bits per heavy atom. The zero-order valence-corrected chi connectivity index (χ0v) is 15.8. The summed E-state index contributed by atoms with van der Waals surface area (Å²) in [5, 5.41) is 0. The molecule has 7 heteroatoms. The fourth-order valence-electron chi connectivity index (χ4n) is 1.52. The third-order valence-electron chi connectivity index (χ3n) is 2.61. The molecule has 0 fully saturated rings.